The van der Waals surface area contributed by atoms with Gasteiger partial charge in [0.15, 0.2) is 0 Å². The van der Waals surface area contributed by atoms with Gasteiger partial charge in [-0.3, -0.25) is 0 Å². The monoisotopic (exact) mass is 271 g/mol. The summed E-state index contributed by atoms with van der Waals surface area (Å²) in [5, 5.41) is 0. The number of benzene rings is 1. The summed E-state index contributed by atoms with van der Waals surface area (Å²) in [4.78, 5) is 16.5. The Bertz CT molecular complexity index is 585. The Morgan fingerprint density at radius 3 is 2.40 bits per heavy atom. The van der Waals surface area contributed by atoms with Crippen LogP contribution in [0.1, 0.15) is 0 Å². The van der Waals surface area contributed by atoms with Gasteiger partial charge in [-0.1, -0.05) is 18.2 Å². The van der Waals surface area contributed by atoms with Crippen molar-refractivity contribution in [3.63, 3.8) is 0 Å². The largest absolute Gasteiger partial charge is 0.415 e. The quantitative estimate of drug-likeness (QED) is 0.728. The van der Waals surface area contributed by atoms with E-state index in [1.54, 1.807) is 17.1 Å². The first-order valence-corrected chi connectivity index (χ1v) is 6.86. The molecule has 0 saturated carbocycles. The van der Waals surface area contributed by atoms with Crippen molar-refractivity contribution in [3.05, 3.63) is 49.1 Å². The number of nitrogens with zero attached hydrogens (tertiary/aromatic N) is 4. The van der Waals surface area contributed by atoms with E-state index in [4.69, 9.17) is 0 Å². The molecule has 5 nitrogen and oxygen atoms in total. The molecule has 2 aromatic rings. The van der Waals surface area contributed by atoms with E-state index in [-0.39, 0.29) is 6.03 Å². The predicted molar refractivity (Wildman–Crippen MR) is 76.6 cm³/mol. The third-order valence-corrected chi connectivity index (χ3v) is 3.66. The maximum atomic E-state index is 12.3. The number of amides is 1. The van der Waals surface area contributed by atoms with Crippen molar-refractivity contribution in [2.24, 2.45) is 7.05 Å². The molecule has 0 spiro atoms. The number of para-hydroxylation sites is 1. The van der Waals surface area contributed by atoms with Gasteiger partial charge in [0, 0.05) is 31.9 Å². The highest BCUT2D eigenvalue weighted by Crippen LogP contribution is 2.15. The Balaban J connectivity index is 1.63. The molecule has 1 amide bonds. The highest BCUT2D eigenvalue weighted by Gasteiger charge is 2.25. The molecule has 5 heteroatoms. The summed E-state index contributed by atoms with van der Waals surface area (Å²) in [6.45, 7) is 3.28. The lowest BCUT2D eigenvalue weighted by molar-refractivity contribution is -0.670. The van der Waals surface area contributed by atoms with Crippen LogP contribution in [0.3, 0.4) is 0 Å². The number of piperazine rings is 1. The van der Waals surface area contributed by atoms with Crippen molar-refractivity contribution in [1.82, 2.24) is 9.47 Å². The molecule has 1 aliphatic heterocycles. The number of carbonyl (C=O) groups excluding carboxylic acids is 1. The number of hydrogen-bond donors (Lipinski definition) is 0. The van der Waals surface area contributed by atoms with Crippen molar-refractivity contribution < 1.29 is 9.36 Å². The average Bonchev–Trinajstić information content (AvgIpc) is 2.94. The minimum absolute atomic E-state index is 0.0540. The summed E-state index contributed by atoms with van der Waals surface area (Å²) in [7, 11) is 1.91. The predicted octanol–water partition coefficient (Wildman–Crippen LogP) is 1.10. The standard InChI is InChI=1S/C15H19N4O/c1-16-7-8-19(13-16)15(20)18-11-9-17(10-12-18)14-5-3-2-4-6-14/h2-8,13H,9-12H2,1H3/q+1. The fourth-order valence-electron chi connectivity index (χ4n) is 2.52. The maximum Gasteiger partial charge on any atom is 0.415 e. The Morgan fingerprint density at radius 1 is 1.10 bits per heavy atom. The molecule has 2 heterocycles. The third-order valence-electron chi connectivity index (χ3n) is 3.66. The summed E-state index contributed by atoms with van der Waals surface area (Å²) in [6.07, 6.45) is 5.47. The lowest BCUT2D eigenvalue weighted by Crippen LogP contribution is -2.50. The normalized spacial score (nSPS) is 15.4. The molecule has 3 rings (SSSR count). The molecule has 0 N–H and O–H groups in total. The highest BCUT2D eigenvalue weighted by molar-refractivity contribution is 5.76. The summed E-state index contributed by atoms with van der Waals surface area (Å²) in [6, 6.07) is 10.4. The van der Waals surface area contributed by atoms with E-state index in [1.165, 1.54) is 5.69 Å². The highest BCUT2D eigenvalue weighted by atomic mass is 16.2. The van der Waals surface area contributed by atoms with Gasteiger partial charge in [-0.2, -0.15) is 4.57 Å². The first-order valence-electron chi connectivity index (χ1n) is 6.86. The molecule has 1 fully saturated rings. The van der Waals surface area contributed by atoms with Crippen molar-refractivity contribution in [2.75, 3.05) is 31.1 Å². The smallest absolute Gasteiger partial charge is 0.368 e. The minimum Gasteiger partial charge on any atom is -0.368 e. The van der Waals surface area contributed by atoms with Gasteiger partial charge in [-0.25, -0.2) is 9.36 Å². The first-order chi connectivity index (χ1) is 9.74. The van der Waals surface area contributed by atoms with Crippen molar-refractivity contribution in [1.29, 1.82) is 0 Å². The van der Waals surface area contributed by atoms with Crippen molar-refractivity contribution >= 4 is 11.7 Å². The molecule has 104 valence electrons. The molecule has 1 saturated heterocycles. The summed E-state index contributed by atoms with van der Waals surface area (Å²) in [5.74, 6) is 0. The maximum absolute atomic E-state index is 12.3. The van der Waals surface area contributed by atoms with Crippen LogP contribution in [0, 0.1) is 0 Å². The topological polar surface area (TPSA) is 32.4 Å². The van der Waals surface area contributed by atoms with Crippen LogP contribution >= 0.6 is 0 Å². The number of aromatic nitrogens is 2. The number of imidazole rings is 1. The van der Waals surface area contributed by atoms with Crippen molar-refractivity contribution in [2.45, 2.75) is 0 Å². The van der Waals surface area contributed by atoms with Crippen LogP contribution in [0.2, 0.25) is 0 Å². The molecule has 1 aromatic carbocycles. The Hall–Kier alpha value is -2.30. The van der Waals surface area contributed by atoms with Crippen LogP contribution in [0.25, 0.3) is 0 Å². The van der Waals surface area contributed by atoms with Gasteiger partial charge in [0.1, 0.15) is 12.4 Å². The van der Waals surface area contributed by atoms with Gasteiger partial charge in [-0.05, 0) is 12.1 Å². The van der Waals surface area contributed by atoms with Crippen LogP contribution in [-0.4, -0.2) is 41.7 Å². The van der Waals surface area contributed by atoms with E-state index < -0.39 is 0 Å². The SMILES string of the molecule is C[n+]1ccn(C(=O)N2CCN(c3ccccc3)CC2)c1. The van der Waals surface area contributed by atoms with Crippen molar-refractivity contribution in [3.8, 4) is 0 Å². The summed E-state index contributed by atoms with van der Waals surface area (Å²) in [5.41, 5.74) is 1.23. The Morgan fingerprint density at radius 2 is 1.80 bits per heavy atom. The molecule has 0 radical (unpaired) electrons. The second-order valence-electron chi connectivity index (χ2n) is 5.08. The number of anilines is 1. The Kier molecular flexibility index (Phi) is 3.41. The van der Waals surface area contributed by atoms with Gasteiger partial charge >= 0.3 is 6.03 Å². The van der Waals surface area contributed by atoms with Crippen LogP contribution in [0.5, 0.6) is 0 Å². The number of hydrogen-bond acceptors (Lipinski definition) is 2. The summed E-state index contributed by atoms with van der Waals surface area (Å²) < 4.78 is 3.51. The van der Waals surface area contributed by atoms with Crippen LogP contribution < -0.4 is 9.47 Å². The Labute approximate surface area is 118 Å². The zero-order valence-electron chi connectivity index (χ0n) is 11.6. The number of rotatable bonds is 1. The van der Waals surface area contributed by atoms with Crippen LogP contribution in [0.15, 0.2) is 49.1 Å². The molecule has 0 unspecified atom stereocenters. The van der Waals surface area contributed by atoms with Crippen LogP contribution in [0.4, 0.5) is 10.5 Å². The average molecular weight is 271 g/mol. The van der Waals surface area contributed by atoms with E-state index in [0.717, 1.165) is 26.2 Å². The van der Waals surface area contributed by atoms with Crippen LogP contribution in [-0.2, 0) is 7.05 Å². The lowest BCUT2D eigenvalue weighted by atomic mass is 10.2. The zero-order valence-corrected chi connectivity index (χ0v) is 11.6. The van der Waals surface area contributed by atoms with Gasteiger partial charge < -0.3 is 9.80 Å². The molecule has 20 heavy (non-hydrogen) atoms. The minimum atomic E-state index is 0.0540. The molecule has 1 aliphatic rings. The van der Waals surface area contributed by atoms with Gasteiger partial charge in [0.05, 0.1) is 7.05 Å². The van der Waals surface area contributed by atoms with E-state index in [0.29, 0.717) is 0 Å². The second kappa shape index (κ2) is 5.36. The molecular weight excluding hydrogens is 252 g/mol. The van der Waals surface area contributed by atoms with E-state index >= 15 is 0 Å². The fraction of sp³-hybridized carbons (Fsp3) is 0.333. The second-order valence-corrected chi connectivity index (χ2v) is 5.08. The zero-order chi connectivity index (χ0) is 13.9. The van der Waals surface area contributed by atoms with E-state index in [9.17, 15) is 4.79 Å². The molecule has 0 atom stereocenters. The van der Waals surface area contributed by atoms with E-state index in [2.05, 4.69) is 17.0 Å². The molecular formula is C15H19N4O+. The van der Waals surface area contributed by atoms with E-state index in [1.807, 2.05) is 40.9 Å². The summed E-state index contributed by atoms with van der Waals surface area (Å²) >= 11 is 0. The van der Waals surface area contributed by atoms with Gasteiger partial charge in [-0.15, -0.1) is 0 Å². The van der Waals surface area contributed by atoms with Gasteiger partial charge in [0.25, 0.3) is 6.33 Å². The lowest BCUT2D eigenvalue weighted by Gasteiger charge is -2.34. The first kappa shape index (κ1) is 12.7. The molecule has 0 aliphatic carbocycles. The molecule has 0 bridgehead atoms. The fourth-order valence-corrected chi connectivity index (χ4v) is 2.52. The third kappa shape index (κ3) is 2.52. The molecule has 1 aromatic heterocycles. The number of aryl methyl sites for hydroxylation is 1. The number of carbonyl (C=O) groups is 1. The van der Waals surface area contributed by atoms with Gasteiger partial charge in [0.2, 0.25) is 0 Å².